The summed E-state index contributed by atoms with van der Waals surface area (Å²) in [5.74, 6) is -0.183. The van der Waals surface area contributed by atoms with Crippen LogP contribution in [0.5, 0.6) is 5.88 Å². The van der Waals surface area contributed by atoms with Crippen molar-refractivity contribution in [3.8, 4) is 5.88 Å². The number of sulfonamides is 1. The molecule has 0 amide bonds. The van der Waals surface area contributed by atoms with E-state index in [1.807, 2.05) is 0 Å². The zero-order valence-corrected chi connectivity index (χ0v) is 14.0. The fraction of sp³-hybridized carbons (Fsp3) is 0.429. The van der Waals surface area contributed by atoms with Gasteiger partial charge in [-0.2, -0.15) is 17.5 Å². The van der Waals surface area contributed by atoms with E-state index in [1.54, 1.807) is 7.05 Å². The molecule has 2 aromatic heterocycles. The first kappa shape index (κ1) is 17.7. The number of rotatable bonds is 4. The van der Waals surface area contributed by atoms with Gasteiger partial charge in [-0.1, -0.05) is 0 Å². The molecule has 0 bridgehead atoms. The molecule has 3 rings (SSSR count). The summed E-state index contributed by atoms with van der Waals surface area (Å²) >= 11 is 0. The van der Waals surface area contributed by atoms with Crippen molar-refractivity contribution in [1.82, 2.24) is 18.8 Å². The summed E-state index contributed by atoms with van der Waals surface area (Å²) in [5.41, 5.74) is -0.867. The number of alkyl halides is 3. The molecular weight excluding hydrogens is 361 g/mol. The lowest BCUT2D eigenvalue weighted by molar-refractivity contribution is -0.137. The molecule has 1 atom stereocenters. The average molecular weight is 376 g/mol. The van der Waals surface area contributed by atoms with Gasteiger partial charge in [-0.3, -0.25) is 0 Å². The Morgan fingerprint density at radius 1 is 1.32 bits per heavy atom. The lowest BCUT2D eigenvalue weighted by atomic mass is 10.2. The third-order valence-corrected chi connectivity index (χ3v) is 5.49. The van der Waals surface area contributed by atoms with E-state index in [0.29, 0.717) is 6.42 Å². The molecule has 0 radical (unpaired) electrons. The number of halogens is 3. The van der Waals surface area contributed by atoms with Crippen LogP contribution < -0.4 is 4.74 Å². The van der Waals surface area contributed by atoms with E-state index in [-0.39, 0.29) is 24.0 Å². The first-order chi connectivity index (χ1) is 11.7. The molecule has 1 aliphatic heterocycles. The maximum atomic E-state index is 12.7. The molecule has 2 aromatic rings. The molecule has 0 N–H and O–H groups in total. The predicted molar refractivity (Wildman–Crippen MR) is 80.2 cm³/mol. The number of nitrogens with zero attached hydrogens (tertiary/aromatic N) is 4. The minimum absolute atomic E-state index is 0.0246. The van der Waals surface area contributed by atoms with Crippen LogP contribution in [0.4, 0.5) is 13.2 Å². The highest BCUT2D eigenvalue weighted by molar-refractivity contribution is 7.89. The minimum Gasteiger partial charge on any atom is -0.473 e. The van der Waals surface area contributed by atoms with Crippen LogP contribution in [0.2, 0.25) is 0 Å². The molecule has 7 nitrogen and oxygen atoms in total. The predicted octanol–water partition coefficient (Wildman–Crippen LogP) is 1.68. The largest absolute Gasteiger partial charge is 0.473 e. The van der Waals surface area contributed by atoms with Crippen LogP contribution in [0.25, 0.3) is 0 Å². The Labute approximate surface area is 142 Å². The highest BCUT2D eigenvalue weighted by atomic mass is 32.2. The summed E-state index contributed by atoms with van der Waals surface area (Å²) in [4.78, 5) is 7.59. The molecule has 0 aliphatic carbocycles. The highest BCUT2D eigenvalue weighted by Crippen LogP contribution is 2.31. The maximum absolute atomic E-state index is 12.7. The zero-order chi connectivity index (χ0) is 18.2. The number of hydrogen-bond acceptors (Lipinski definition) is 5. The van der Waals surface area contributed by atoms with Crippen molar-refractivity contribution in [2.24, 2.45) is 7.05 Å². The van der Waals surface area contributed by atoms with Gasteiger partial charge in [-0.25, -0.2) is 18.4 Å². The van der Waals surface area contributed by atoms with Gasteiger partial charge in [0.05, 0.1) is 18.4 Å². The summed E-state index contributed by atoms with van der Waals surface area (Å²) in [6.45, 7) is 0.222. The molecule has 11 heteroatoms. The van der Waals surface area contributed by atoms with Gasteiger partial charge in [0.15, 0.2) is 5.03 Å². The molecule has 0 spiro atoms. The molecular formula is C14H15F3N4O3S. The van der Waals surface area contributed by atoms with Crippen molar-refractivity contribution in [2.45, 2.75) is 23.7 Å². The van der Waals surface area contributed by atoms with Crippen LogP contribution in [0.1, 0.15) is 12.0 Å². The average Bonchev–Trinajstić information content (AvgIpc) is 3.16. The third kappa shape index (κ3) is 3.76. The molecule has 1 fully saturated rings. The fourth-order valence-corrected chi connectivity index (χ4v) is 3.94. The molecule has 1 saturated heterocycles. The molecule has 25 heavy (non-hydrogen) atoms. The standard InChI is InChI=1S/C14H15F3N4O3S/c1-20-8-13(19-9-20)25(22,23)21-5-3-11(7-21)24-12-6-10(2-4-18-12)14(15,16)17/h2,4,6,8-9,11H,3,5,7H2,1H3. The van der Waals surface area contributed by atoms with Crippen LogP contribution in [-0.2, 0) is 23.2 Å². The first-order valence-corrected chi connectivity index (χ1v) is 8.78. The number of imidazole rings is 1. The second-order valence-corrected chi connectivity index (χ2v) is 7.53. The number of aromatic nitrogens is 3. The van der Waals surface area contributed by atoms with Gasteiger partial charge < -0.3 is 9.30 Å². The van der Waals surface area contributed by atoms with E-state index in [4.69, 9.17) is 4.74 Å². The van der Waals surface area contributed by atoms with Crippen molar-refractivity contribution in [1.29, 1.82) is 0 Å². The Kier molecular flexibility index (Phi) is 4.45. The molecule has 0 saturated carbocycles. The van der Waals surface area contributed by atoms with Gasteiger partial charge >= 0.3 is 6.18 Å². The van der Waals surface area contributed by atoms with Crippen molar-refractivity contribution in [3.05, 3.63) is 36.4 Å². The van der Waals surface area contributed by atoms with Gasteiger partial charge in [0.1, 0.15) is 6.10 Å². The Morgan fingerprint density at radius 2 is 2.08 bits per heavy atom. The van der Waals surface area contributed by atoms with Crippen molar-refractivity contribution in [2.75, 3.05) is 13.1 Å². The SMILES string of the molecule is Cn1cnc(S(=O)(=O)N2CCC(Oc3cc(C(F)(F)F)ccn3)C2)c1. The molecule has 0 aromatic carbocycles. The topological polar surface area (TPSA) is 77.3 Å². The van der Waals surface area contributed by atoms with Gasteiger partial charge in [0.2, 0.25) is 5.88 Å². The number of ether oxygens (including phenoxy) is 1. The van der Waals surface area contributed by atoms with Crippen molar-refractivity contribution < 1.29 is 26.3 Å². The lowest BCUT2D eigenvalue weighted by Gasteiger charge is -2.16. The normalized spacial score (nSPS) is 19.3. The third-order valence-electron chi connectivity index (χ3n) is 3.74. The Hall–Kier alpha value is -2.14. The lowest BCUT2D eigenvalue weighted by Crippen LogP contribution is -2.31. The number of aryl methyl sites for hydroxylation is 1. The summed E-state index contributed by atoms with van der Waals surface area (Å²) in [6.07, 6.45) is -0.944. The number of pyridine rings is 1. The number of hydrogen-bond donors (Lipinski definition) is 0. The van der Waals surface area contributed by atoms with Crippen LogP contribution >= 0.6 is 0 Å². The summed E-state index contributed by atoms with van der Waals surface area (Å²) in [7, 11) is -2.10. The molecule has 1 aliphatic rings. The Morgan fingerprint density at radius 3 is 2.72 bits per heavy atom. The highest BCUT2D eigenvalue weighted by Gasteiger charge is 2.36. The minimum atomic E-state index is -4.49. The van der Waals surface area contributed by atoms with E-state index in [9.17, 15) is 21.6 Å². The van der Waals surface area contributed by atoms with Gasteiger partial charge in [0, 0.05) is 32.1 Å². The van der Waals surface area contributed by atoms with Crippen molar-refractivity contribution in [3.63, 3.8) is 0 Å². The van der Waals surface area contributed by atoms with E-state index in [2.05, 4.69) is 9.97 Å². The Balaban J connectivity index is 1.70. The summed E-state index contributed by atoms with van der Waals surface area (Å²) in [6, 6.07) is 1.65. The maximum Gasteiger partial charge on any atom is 0.416 e. The van der Waals surface area contributed by atoms with E-state index < -0.39 is 27.9 Å². The first-order valence-electron chi connectivity index (χ1n) is 7.34. The molecule has 1 unspecified atom stereocenters. The fourth-order valence-electron chi connectivity index (χ4n) is 2.49. The van der Waals surface area contributed by atoms with Gasteiger partial charge in [0.25, 0.3) is 10.0 Å². The Bertz CT molecular complexity index is 866. The van der Waals surface area contributed by atoms with Crippen LogP contribution in [0.15, 0.2) is 35.9 Å². The molecule has 3 heterocycles. The molecule has 136 valence electrons. The van der Waals surface area contributed by atoms with E-state index in [0.717, 1.165) is 18.3 Å². The summed E-state index contributed by atoms with van der Waals surface area (Å²) < 4.78 is 71.2. The van der Waals surface area contributed by atoms with Crippen molar-refractivity contribution >= 4 is 10.0 Å². The summed E-state index contributed by atoms with van der Waals surface area (Å²) in [5, 5.41) is -0.0761. The smallest absolute Gasteiger partial charge is 0.416 e. The second kappa shape index (κ2) is 6.30. The zero-order valence-electron chi connectivity index (χ0n) is 13.1. The van der Waals surface area contributed by atoms with Gasteiger partial charge in [-0.15, -0.1) is 0 Å². The monoisotopic (exact) mass is 376 g/mol. The second-order valence-electron chi connectivity index (χ2n) is 5.65. The van der Waals surface area contributed by atoms with Gasteiger partial charge in [-0.05, 0) is 12.5 Å². The van der Waals surface area contributed by atoms with Crippen LogP contribution in [0.3, 0.4) is 0 Å². The van der Waals surface area contributed by atoms with E-state index >= 15 is 0 Å². The van der Waals surface area contributed by atoms with E-state index in [1.165, 1.54) is 21.4 Å². The van der Waals surface area contributed by atoms with Crippen LogP contribution in [0, 0.1) is 0 Å². The quantitative estimate of drug-likeness (QED) is 0.811. The van der Waals surface area contributed by atoms with Crippen LogP contribution in [-0.4, -0.2) is 46.5 Å².